The third kappa shape index (κ3) is 3.31. The fourth-order valence-electron chi connectivity index (χ4n) is 1.67. The number of aryl methyl sites for hydroxylation is 1. The van der Waals surface area contributed by atoms with Crippen LogP contribution in [-0.4, -0.2) is 12.6 Å². The number of carbonyl (C=O) groups is 1. The molecule has 0 N–H and O–H groups in total. The van der Waals surface area contributed by atoms with Crippen LogP contribution in [0.5, 0.6) is 0 Å². The molecule has 0 radical (unpaired) electrons. The zero-order valence-corrected chi connectivity index (χ0v) is 11.5. The summed E-state index contributed by atoms with van der Waals surface area (Å²) in [5.74, 6) is -0.295. The number of halogens is 1. The van der Waals surface area contributed by atoms with E-state index in [0.717, 1.165) is 22.0 Å². The van der Waals surface area contributed by atoms with Gasteiger partial charge in [-0.05, 0) is 46.5 Å². The molecule has 0 aromatic heterocycles. The van der Waals surface area contributed by atoms with E-state index in [4.69, 9.17) is 10.00 Å². The Bertz CT molecular complexity index is 463. The maximum Gasteiger partial charge on any atom is 0.310 e. The van der Waals surface area contributed by atoms with Crippen molar-refractivity contribution in [2.75, 3.05) is 6.61 Å². The van der Waals surface area contributed by atoms with Crippen molar-refractivity contribution in [3.8, 4) is 6.07 Å². The summed E-state index contributed by atoms with van der Waals surface area (Å²) in [4.78, 5) is 11.5. The molecule has 0 aliphatic carbocycles. The molecule has 3 nitrogen and oxygen atoms in total. The van der Waals surface area contributed by atoms with Gasteiger partial charge in [-0.15, -0.1) is 0 Å². The zero-order valence-electron chi connectivity index (χ0n) is 9.92. The molecular weight excluding hydrogens is 282 g/mol. The molecule has 0 unspecified atom stereocenters. The van der Waals surface area contributed by atoms with E-state index in [-0.39, 0.29) is 12.4 Å². The van der Waals surface area contributed by atoms with Gasteiger partial charge in [0.15, 0.2) is 0 Å². The van der Waals surface area contributed by atoms with Crippen LogP contribution in [0, 0.1) is 11.3 Å². The molecule has 1 rings (SSSR count). The topological polar surface area (TPSA) is 50.1 Å². The Balaban J connectivity index is 3.15. The molecule has 0 amide bonds. The number of nitriles is 1. The Hall–Kier alpha value is -1.34. The number of carbonyl (C=O) groups excluding carboxylic acids is 1. The molecule has 0 saturated carbocycles. The van der Waals surface area contributed by atoms with Crippen molar-refractivity contribution in [1.29, 1.82) is 5.26 Å². The van der Waals surface area contributed by atoms with E-state index in [2.05, 4.69) is 22.0 Å². The van der Waals surface area contributed by atoms with Crippen molar-refractivity contribution in [2.45, 2.75) is 26.7 Å². The van der Waals surface area contributed by atoms with E-state index in [1.54, 1.807) is 6.92 Å². The number of hydrogen-bond donors (Lipinski definition) is 0. The van der Waals surface area contributed by atoms with Gasteiger partial charge >= 0.3 is 5.97 Å². The van der Waals surface area contributed by atoms with Gasteiger partial charge in [0, 0.05) is 4.47 Å². The Morgan fingerprint density at radius 1 is 1.47 bits per heavy atom. The molecule has 90 valence electrons. The molecule has 17 heavy (non-hydrogen) atoms. The van der Waals surface area contributed by atoms with Crippen LogP contribution in [0.1, 0.15) is 30.5 Å². The van der Waals surface area contributed by atoms with Gasteiger partial charge in [0.2, 0.25) is 0 Å². The summed E-state index contributed by atoms with van der Waals surface area (Å²) in [6.45, 7) is 4.12. The summed E-state index contributed by atoms with van der Waals surface area (Å²) in [5, 5.41) is 9.13. The standard InChI is InChI=1S/C13H14BrNO2/c1-3-9-5-6-12(14)11(8-15)10(9)7-13(16)17-4-2/h5-6H,3-4,7H2,1-2H3. The second-order valence-corrected chi connectivity index (χ2v) is 4.36. The molecule has 0 aliphatic heterocycles. The predicted octanol–water partition coefficient (Wildman–Crippen LogP) is 2.99. The van der Waals surface area contributed by atoms with Crippen LogP contribution in [0.4, 0.5) is 0 Å². The van der Waals surface area contributed by atoms with Crippen molar-refractivity contribution in [3.05, 3.63) is 33.3 Å². The SMILES string of the molecule is CCOC(=O)Cc1c(CC)ccc(Br)c1C#N. The predicted molar refractivity (Wildman–Crippen MR) is 68.6 cm³/mol. The van der Waals surface area contributed by atoms with Gasteiger partial charge < -0.3 is 4.74 Å². The third-order valence-electron chi connectivity index (χ3n) is 2.48. The van der Waals surface area contributed by atoms with Crippen molar-refractivity contribution in [2.24, 2.45) is 0 Å². The molecule has 0 fully saturated rings. The largest absolute Gasteiger partial charge is 0.466 e. The highest BCUT2D eigenvalue weighted by atomic mass is 79.9. The molecule has 0 saturated heterocycles. The molecule has 0 aliphatic rings. The Kier molecular flexibility index (Phi) is 5.17. The van der Waals surface area contributed by atoms with E-state index in [1.807, 2.05) is 19.1 Å². The van der Waals surface area contributed by atoms with Gasteiger partial charge in [-0.25, -0.2) is 0 Å². The van der Waals surface area contributed by atoms with Crippen molar-refractivity contribution >= 4 is 21.9 Å². The molecule has 0 atom stereocenters. The van der Waals surface area contributed by atoms with E-state index in [1.165, 1.54) is 0 Å². The van der Waals surface area contributed by atoms with E-state index in [0.29, 0.717) is 12.2 Å². The lowest BCUT2D eigenvalue weighted by Crippen LogP contribution is -2.11. The molecule has 0 bridgehead atoms. The normalized spacial score (nSPS) is 9.76. The lowest BCUT2D eigenvalue weighted by Gasteiger charge is -2.10. The number of esters is 1. The van der Waals surface area contributed by atoms with Crippen LogP contribution >= 0.6 is 15.9 Å². The smallest absolute Gasteiger partial charge is 0.310 e. The maximum atomic E-state index is 11.5. The number of hydrogen-bond acceptors (Lipinski definition) is 3. The molecule has 4 heteroatoms. The average Bonchev–Trinajstić information content (AvgIpc) is 2.30. The minimum atomic E-state index is -0.295. The first-order chi connectivity index (χ1) is 8.13. The van der Waals surface area contributed by atoms with Crippen LogP contribution in [0.2, 0.25) is 0 Å². The first-order valence-corrected chi connectivity index (χ1v) is 6.29. The Labute approximate surface area is 110 Å². The van der Waals surface area contributed by atoms with Gasteiger partial charge in [-0.1, -0.05) is 13.0 Å². The van der Waals surface area contributed by atoms with Crippen LogP contribution in [0.25, 0.3) is 0 Å². The fraction of sp³-hybridized carbons (Fsp3) is 0.385. The van der Waals surface area contributed by atoms with E-state index < -0.39 is 0 Å². The third-order valence-corrected chi connectivity index (χ3v) is 3.14. The van der Waals surface area contributed by atoms with Gasteiger partial charge in [-0.3, -0.25) is 4.79 Å². The van der Waals surface area contributed by atoms with Crippen molar-refractivity contribution in [3.63, 3.8) is 0 Å². The monoisotopic (exact) mass is 295 g/mol. The molecule has 1 aromatic carbocycles. The first kappa shape index (κ1) is 13.7. The van der Waals surface area contributed by atoms with Crippen molar-refractivity contribution in [1.82, 2.24) is 0 Å². The highest BCUT2D eigenvalue weighted by Gasteiger charge is 2.15. The molecule has 0 heterocycles. The minimum absolute atomic E-state index is 0.152. The van der Waals surface area contributed by atoms with E-state index >= 15 is 0 Å². The second-order valence-electron chi connectivity index (χ2n) is 3.51. The summed E-state index contributed by atoms with van der Waals surface area (Å²) in [5.41, 5.74) is 2.30. The number of nitrogens with zero attached hydrogens (tertiary/aromatic N) is 1. The Morgan fingerprint density at radius 2 is 2.18 bits per heavy atom. The van der Waals surface area contributed by atoms with Crippen LogP contribution in [0.15, 0.2) is 16.6 Å². The zero-order chi connectivity index (χ0) is 12.8. The number of rotatable bonds is 4. The minimum Gasteiger partial charge on any atom is -0.466 e. The highest BCUT2D eigenvalue weighted by molar-refractivity contribution is 9.10. The van der Waals surface area contributed by atoms with Crippen LogP contribution in [-0.2, 0) is 22.4 Å². The summed E-state index contributed by atoms with van der Waals surface area (Å²) in [6.07, 6.45) is 0.941. The number of benzene rings is 1. The summed E-state index contributed by atoms with van der Waals surface area (Å²) in [7, 11) is 0. The van der Waals surface area contributed by atoms with Gasteiger partial charge in [0.05, 0.1) is 18.6 Å². The number of ether oxygens (including phenoxy) is 1. The maximum absolute atomic E-state index is 11.5. The quantitative estimate of drug-likeness (QED) is 0.803. The fourth-order valence-corrected chi connectivity index (χ4v) is 2.13. The van der Waals surface area contributed by atoms with Crippen LogP contribution < -0.4 is 0 Å². The summed E-state index contributed by atoms with van der Waals surface area (Å²) in [6, 6.07) is 5.90. The summed E-state index contributed by atoms with van der Waals surface area (Å²) >= 11 is 3.32. The highest BCUT2D eigenvalue weighted by Crippen LogP contribution is 2.24. The van der Waals surface area contributed by atoms with E-state index in [9.17, 15) is 4.79 Å². The lowest BCUT2D eigenvalue weighted by atomic mass is 9.97. The molecule has 1 aromatic rings. The lowest BCUT2D eigenvalue weighted by molar-refractivity contribution is -0.142. The van der Waals surface area contributed by atoms with Gasteiger partial charge in [0.1, 0.15) is 6.07 Å². The van der Waals surface area contributed by atoms with Crippen LogP contribution in [0.3, 0.4) is 0 Å². The Morgan fingerprint density at radius 3 is 2.71 bits per heavy atom. The molecule has 0 spiro atoms. The second kappa shape index (κ2) is 6.41. The van der Waals surface area contributed by atoms with Gasteiger partial charge in [0.25, 0.3) is 0 Å². The average molecular weight is 296 g/mol. The van der Waals surface area contributed by atoms with Gasteiger partial charge in [-0.2, -0.15) is 5.26 Å². The first-order valence-electron chi connectivity index (χ1n) is 5.50. The summed E-state index contributed by atoms with van der Waals surface area (Å²) < 4.78 is 5.64. The van der Waals surface area contributed by atoms with Crippen molar-refractivity contribution < 1.29 is 9.53 Å². The molecular formula is C13H14BrNO2.